The van der Waals surface area contributed by atoms with Gasteiger partial charge < -0.3 is 29.7 Å². The van der Waals surface area contributed by atoms with Crippen molar-refractivity contribution in [1.29, 1.82) is 0 Å². The van der Waals surface area contributed by atoms with Gasteiger partial charge in [-0.3, -0.25) is 14.9 Å². The van der Waals surface area contributed by atoms with Gasteiger partial charge in [-0.05, 0) is 43.5 Å². The number of nitrogens with zero attached hydrogens (tertiary/aromatic N) is 1. The number of amides is 1. The number of ketones is 1. The van der Waals surface area contributed by atoms with Crippen molar-refractivity contribution in [2.45, 2.75) is 71.0 Å². The van der Waals surface area contributed by atoms with Gasteiger partial charge in [0, 0.05) is 41.6 Å². The van der Waals surface area contributed by atoms with Gasteiger partial charge in [0.25, 0.3) is 0 Å². The second-order valence-electron chi connectivity index (χ2n) is 9.90. The lowest BCUT2D eigenvalue weighted by Crippen LogP contribution is -2.87. The number of halogens is 3. The number of carbonyl (C=O) groups excluding carboxylic acids is 4. The summed E-state index contributed by atoms with van der Waals surface area (Å²) in [6, 6.07) is 5.50. The molecule has 14 heteroatoms. The summed E-state index contributed by atoms with van der Waals surface area (Å²) >= 11 is 0. The van der Waals surface area contributed by atoms with Gasteiger partial charge in [0.2, 0.25) is 11.7 Å². The van der Waals surface area contributed by atoms with Crippen molar-refractivity contribution in [2.75, 3.05) is 14.2 Å². The number of aliphatic carboxylic acids is 1. The number of quaternary nitrogens is 1. The van der Waals surface area contributed by atoms with Crippen LogP contribution in [0.25, 0.3) is 10.9 Å². The van der Waals surface area contributed by atoms with E-state index in [4.69, 9.17) is 14.6 Å². The highest BCUT2D eigenvalue weighted by atomic mass is 19.4. The Morgan fingerprint density at radius 1 is 1.16 bits per heavy atom. The number of ether oxygens (including phenoxy) is 2. The zero-order valence-electron chi connectivity index (χ0n) is 25.0. The van der Waals surface area contributed by atoms with Crippen LogP contribution in [0, 0.1) is 6.92 Å². The number of nitrogens with one attached hydrogen (secondary N) is 2. The number of methoxy groups -OCH3 is 2. The van der Waals surface area contributed by atoms with Crippen LogP contribution >= 0.6 is 0 Å². The van der Waals surface area contributed by atoms with Crippen molar-refractivity contribution in [3.05, 3.63) is 53.5 Å². The van der Waals surface area contributed by atoms with E-state index >= 15 is 0 Å². The summed E-state index contributed by atoms with van der Waals surface area (Å²) in [5.74, 6) is -1.81. The van der Waals surface area contributed by atoms with Gasteiger partial charge >= 0.3 is 12.1 Å². The fourth-order valence-electron chi connectivity index (χ4n) is 4.35. The normalized spacial score (nSPS) is 13.5. The number of amidine groups is 1. The second-order valence-corrected chi connectivity index (χ2v) is 9.90. The number of alkyl halides is 3. The SMILES string of the molecule is CCC(=O)CCCCCC(NC(=O)Cc1c(C)[nH]c2ccc(OC)cc12)C1=NC=C(/C=C/C(=O)OC)[NH2+]1.O=C([O-])C(F)(F)F. The van der Waals surface area contributed by atoms with Crippen LogP contribution in [0.4, 0.5) is 13.2 Å². The fraction of sp³-hybridized carbons (Fsp3) is 0.433. The maximum atomic E-state index is 13.2. The summed E-state index contributed by atoms with van der Waals surface area (Å²) in [5.41, 5.74) is 3.59. The third-order valence-electron chi connectivity index (χ3n) is 6.72. The summed E-state index contributed by atoms with van der Waals surface area (Å²) in [4.78, 5) is 52.9. The van der Waals surface area contributed by atoms with Gasteiger partial charge in [-0.25, -0.2) is 9.79 Å². The Kier molecular flexibility index (Phi) is 13.8. The van der Waals surface area contributed by atoms with Crippen molar-refractivity contribution in [3.8, 4) is 5.75 Å². The van der Waals surface area contributed by atoms with Gasteiger partial charge in [0.15, 0.2) is 5.70 Å². The van der Waals surface area contributed by atoms with Gasteiger partial charge in [0.05, 0.1) is 26.8 Å². The Morgan fingerprint density at radius 2 is 1.86 bits per heavy atom. The van der Waals surface area contributed by atoms with Gasteiger partial charge in [-0.1, -0.05) is 19.8 Å². The molecule has 1 aliphatic heterocycles. The number of H-pyrrole nitrogens is 1. The van der Waals surface area contributed by atoms with Gasteiger partial charge in [-0.15, -0.1) is 0 Å². The largest absolute Gasteiger partial charge is 0.542 e. The molecular weight excluding hydrogens is 585 g/mol. The number of rotatable bonds is 14. The van der Waals surface area contributed by atoms with E-state index in [-0.39, 0.29) is 24.2 Å². The number of carboxylic acids is 1. The number of esters is 1. The minimum absolute atomic E-state index is 0.104. The maximum absolute atomic E-state index is 13.2. The van der Waals surface area contributed by atoms with Crippen LogP contribution in [0.3, 0.4) is 0 Å². The average molecular weight is 623 g/mol. The lowest BCUT2D eigenvalue weighted by molar-refractivity contribution is -0.477. The molecule has 1 unspecified atom stereocenters. The highest BCUT2D eigenvalue weighted by Gasteiger charge is 2.29. The zero-order valence-corrected chi connectivity index (χ0v) is 25.0. The van der Waals surface area contributed by atoms with Crippen LogP contribution in [-0.2, 0) is 30.3 Å². The van der Waals surface area contributed by atoms with Crippen LogP contribution < -0.4 is 20.5 Å². The number of benzene rings is 1. The third-order valence-corrected chi connectivity index (χ3v) is 6.72. The minimum Gasteiger partial charge on any atom is -0.542 e. The van der Waals surface area contributed by atoms with Crippen molar-refractivity contribution in [2.24, 2.45) is 4.99 Å². The van der Waals surface area contributed by atoms with E-state index in [9.17, 15) is 27.6 Å². The number of carbonyl (C=O) groups is 4. The standard InChI is InChI=1S/C28H36N4O5.C2HF3O2/c1-5-20(33)9-7-6-8-10-25(28-29-17-19(31-28)11-14-27(35)37-4)32-26(34)16-22-18(2)30-24-13-12-21(36-3)15-23(22)24;3-2(4,5)1(6)7/h11-15,17,25,30H,5-10,16H2,1-4H3,(H,29,31)(H,32,34);(H,6,7)/b14-11+;. The molecule has 3 rings (SSSR count). The van der Waals surface area contributed by atoms with Gasteiger partial charge in [-0.2, -0.15) is 13.2 Å². The molecular formula is C30H37F3N4O7. The smallest absolute Gasteiger partial charge is 0.430 e. The molecule has 1 aromatic heterocycles. The first-order chi connectivity index (χ1) is 20.8. The Hall–Kier alpha value is -4.46. The van der Waals surface area contributed by atoms with E-state index in [0.29, 0.717) is 19.3 Å². The molecule has 1 atom stereocenters. The molecule has 2 aromatic rings. The summed E-state index contributed by atoms with van der Waals surface area (Å²) in [6.07, 6.45) is 4.12. The number of aromatic nitrogens is 1. The first-order valence-electron chi connectivity index (χ1n) is 13.9. The zero-order chi connectivity index (χ0) is 32.9. The van der Waals surface area contributed by atoms with Crippen molar-refractivity contribution in [1.82, 2.24) is 10.3 Å². The number of aromatic amines is 1. The Bertz CT molecular complexity index is 1430. The molecule has 1 aliphatic rings. The van der Waals surface area contributed by atoms with Crippen LogP contribution in [0.2, 0.25) is 0 Å². The highest BCUT2D eigenvalue weighted by molar-refractivity contribution is 5.93. The minimum atomic E-state index is -5.19. The fourth-order valence-corrected chi connectivity index (χ4v) is 4.35. The van der Waals surface area contributed by atoms with E-state index in [1.807, 2.05) is 37.4 Å². The first kappa shape index (κ1) is 35.7. The Labute approximate surface area is 252 Å². The predicted molar refractivity (Wildman–Crippen MR) is 153 cm³/mol. The number of nitrogens with two attached hydrogens (primary N) is 1. The number of fused-ring (bicyclic) bond motifs is 1. The molecule has 240 valence electrons. The molecule has 0 saturated carbocycles. The monoisotopic (exact) mass is 622 g/mol. The summed E-state index contributed by atoms with van der Waals surface area (Å²) in [6.45, 7) is 3.84. The van der Waals surface area contributed by atoms with Crippen LogP contribution in [0.15, 0.2) is 47.2 Å². The van der Waals surface area contributed by atoms with Crippen LogP contribution in [0.1, 0.15) is 56.7 Å². The lowest BCUT2D eigenvalue weighted by Gasteiger charge is -2.17. The van der Waals surface area contributed by atoms with Crippen molar-refractivity contribution in [3.63, 3.8) is 0 Å². The molecule has 0 radical (unpaired) electrons. The van der Waals surface area contributed by atoms with Crippen LogP contribution in [0.5, 0.6) is 5.75 Å². The number of hydrogen-bond donors (Lipinski definition) is 3. The predicted octanol–water partition coefficient (Wildman–Crippen LogP) is 2.29. The number of hydrogen-bond acceptors (Lipinski definition) is 8. The molecule has 4 N–H and O–H groups in total. The van der Waals surface area contributed by atoms with E-state index < -0.39 is 18.1 Å². The highest BCUT2D eigenvalue weighted by Crippen LogP contribution is 2.27. The molecule has 0 saturated heterocycles. The topological polar surface area (TPSA) is 167 Å². The van der Waals surface area contributed by atoms with Crippen molar-refractivity contribution < 1.29 is 52.2 Å². The molecule has 0 bridgehead atoms. The summed E-state index contributed by atoms with van der Waals surface area (Å²) in [7, 11) is 2.95. The first-order valence-corrected chi connectivity index (χ1v) is 13.9. The maximum Gasteiger partial charge on any atom is 0.430 e. The molecule has 0 spiro atoms. The number of aliphatic imine (C=N–C) groups is 1. The number of Topliss-reactive ketones (excluding diaryl/α,β-unsaturated/α-hetero) is 1. The lowest BCUT2D eigenvalue weighted by atomic mass is 10.0. The number of aryl methyl sites for hydroxylation is 1. The number of unbranched alkanes of at least 4 members (excludes halogenated alkanes) is 2. The molecule has 1 aromatic carbocycles. The van der Waals surface area contributed by atoms with Gasteiger partial charge in [0.1, 0.15) is 23.5 Å². The average Bonchev–Trinajstić information content (AvgIpc) is 3.58. The second kappa shape index (κ2) is 17.0. The molecule has 1 amide bonds. The Morgan fingerprint density at radius 3 is 2.48 bits per heavy atom. The molecule has 0 fully saturated rings. The van der Waals surface area contributed by atoms with E-state index in [0.717, 1.165) is 58.7 Å². The summed E-state index contributed by atoms with van der Waals surface area (Å²) < 4.78 is 41.6. The Balaban J connectivity index is 0.000000860. The third kappa shape index (κ3) is 11.3. The molecule has 0 aliphatic carbocycles. The molecule has 11 nitrogen and oxygen atoms in total. The summed E-state index contributed by atoms with van der Waals surface area (Å²) in [5, 5.41) is 14.8. The van der Waals surface area contributed by atoms with E-state index in [2.05, 4.69) is 20.0 Å². The number of allylic oxidation sites excluding steroid dienone is 1. The molecule has 2 heterocycles. The number of carboxylic acid groups (broad SMARTS) is 1. The molecule has 44 heavy (non-hydrogen) atoms. The van der Waals surface area contributed by atoms with E-state index in [1.54, 1.807) is 19.4 Å². The van der Waals surface area contributed by atoms with Crippen LogP contribution in [-0.4, -0.2) is 60.9 Å². The van der Waals surface area contributed by atoms with E-state index in [1.165, 1.54) is 13.2 Å². The van der Waals surface area contributed by atoms with Crippen molar-refractivity contribution >= 4 is 40.4 Å². The quantitative estimate of drug-likeness (QED) is 0.165.